The predicted octanol–water partition coefficient (Wildman–Crippen LogP) is 2.37. The second-order valence-electron chi connectivity index (χ2n) is 7.23. The lowest BCUT2D eigenvalue weighted by Crippen LogP contribution is -2.43. The molecule has 6 heteroatoms. The van der Waals surface area contributed by atoms with Gasteiger partial charge in [-0.15, -0.1) is 0 Å². The van der Waals surface area contributed by atoms with E-state index in [0.29, 0.717) is 42.2 Å². The van der Waals surface area contributed by atoms with Crippen LogP contribution in [0, 0.1) is 0 Å². The first-order valence-electron chi connectivity index (χ1n) is 9.32. The molecule has 2 aromatic carbocycles. The molecular formula is C21H20N2O4. The lowest BCUT2D eigenvalue weighted by atomic mass is 10.0. The Morgan fingerprint density at radius 3 is 2.74 bits per heavy atom. The van der Waals surface area contributed by atoms with Crippen LogP contribution in [-0.4, -0.2) is 42.1 Å². The third kappa shape index (κ3) is 2.81. The number of nitrogens with zero attached hydrogens (tertiary/aromatic N) is 1. The van der Waals surface area contributed by atoms with Gasteiger partial charge in [0.15, 0.2) is 6.23 Å². The van der Waals surface area contributed by atoms with Crippen molar-refractivity contribution in [3.05, 3.63) is 59.2 Å². The lowest BCUT2D eigenvalue weighted by Gasteiger charge is -2.32. The van der Waals surface area contributed by atoms with Crippen LogP contribution in [0.15, 0.2) is 42.5 Å². The van der Waals surface area contributed by atoms with Crippen LogP contribution >= 0.6 is 0 Å². The van der Waals surface area contributed by atoms with Crippen molar-refractivity contribution in [2.45, 2.75) is 31.5 Å². The summed E-state index contributed by atoms with van der Waals surface area (Å²) >= 11 is 0. The van der Waals surface area contributed by atoms with Crippen molar-refractivity contribution in [1.29, 1.82) is 0 Å². The molecule has 27 heavy (non-hydrogen) atoms. The van der Waals surface area contributed by atoms with E-state index in [2.05, 4.69) is 5.32 Å². The molecule has 2 atom stereocenters. The van der Waals surface area contributed by atoms with E-state index in [1.54, 1.807) is 17.0 Å². The van der Waals surface area contributed by atoms with Gasteiger partial charge in [-0.2, -0.15) is 0 Å². The second-order valence-corrected chi connectivity index (χ2v) is 7.23. The summed E-state index contributed by atoms with van der Waals surface area (Å²) in [5.41, 5.74) is 2.03. The highest BCUT2D eigenvalue weighted by atomic mass is 16.5. The van der Waals surface area contributed by atoms with Crippen molar-refractivity contribution in [2.75, 3.05) is 13.2 Å². The number of carbonyl (C=O) groups excluding carboxylic acids is 2. The zero-order valence-corrected chi connectivity index (χ0v) is 14.8. The molecule has 0 spiro atoms. The Hall–Kier alpha value is -3.02. The topological polar surface area (TPSA) is 67.9 Å². The molecule has 2 aromatic rings. The number of hydrogen-bond donors (Lipinski definition) is 1. The van der Waals surface area contributed by atoms with E-state index < -0.39 is 0 Å². The summed E-state index contributed by atoms with van der Waals surface area (Å²) < 4.78 is 11.9. The molecule has 0 radical (unpaired) electrons. The van der Waals surface area contributed by atoms with E-state index in [9.17, 15) is 9.59 Å². The summed E-state index contributed by atoms with van der Waals surface area (Å²) in [6.07, 6.45) is 2.22. The smallest absolute Gasteiger partial charge is 0.260 e. The molecular weight excluding hydrogens is 344 g/mol. The maximum Gasteiger partial charge on any atom is 0.260 e. The van der Waals surface area contributed by atoms with Crippen LogP contribution in [0.3, 0.4) is 0 Å². The summed E-state index contributed by atoms with van der Waals surface area (Å²) in [4.78, 5) is 27.3. The Bertz CT molecular complexity index is 912. The molecule has 5 rings (SSSR count). The SMILES string of the molecule is O=C1N[C@@H](Cc2ccccc2)COc2cc3c(cc21)OC1CCCN1C3=O. The minimum Gasteiger partial charge on any atom is -0.491 e. The van der Waals surface area contributed by atoms with Crippen molar-refractivity contribution in [2.24, 2.45) is 0 Å². The number of rotatable bonds is 2. The van der Waals surface area contributed by atoms with Crippen LogP contribution < -0.4 is 14.8 Å². The lowest BCUT2D eigenvalue weighted by molar-refractivity contribution is 0.0292. The molecule has 3 aliphatic heterocycles. The Labute approximate surface area is 157 Å². The number of benzene rings is 2. The molecule has 6 nitrogen and oxygen atoms in total. The number of nitrogens with one attached hydrogen (secondary N) is 1. The number of fused-ring (bicyclic) bond motifs is 3. The van der Waals surface area contributed by atoms with Gasteiger partial charge < -0.3 is 19.7 Å². The fourth-order valence-corrected chi connectivity index (χ4v) is 4.02. The maximum atomic E-state index is 12.8. The summed E-state index contributed by atoms with van der Waals surface area (Å²) in [6.45, 7) is 1.06. The first kappa shape index (κ1) is 16.2. The minimum absolute atomic E-state index is 0.0457. The van der Waals surface area contributed by atoms with Crippen LogP contribution in [0.1, 0.15) is 39.1 Å². The van der Waals surface area contributed by atoms with Gasteiger partial charge in [-0.05, 0) is 30.5 Å². The molecule has 1 N–H and O–H groups in total. The summed E-state index contributed by atoms with van der Waals surface area (Å²) in [7, 11) is 0. The fourth-order valence-electron chi connectivity index (χ4n) is 4.02. The molecule has 3 heterocycles. The van der Waals surface area contributed by atoms with Gasteiger partial charge >= 0.3 is 0 Å². The average Bonchev–Trinajstić information content (AvgIpc) is 3.09. The van der Waals surface area contributed by atoms with Gasteiger partial charge in [0.25, 0.3) is 11.8 Å². The third-order valence-electron chi connectivity index (χ3n) is 5.38. The van der Waals surface area contributed by atoms with Gasteiger partial charge in [0.05, 0.1) is 17.2 Å². The van der Waals surface area contributed by atoms with Crippen LogP contribution in [-0.2, 0) is 6.42 Å². The van der Waals surface area contributed by atoms with Crippen LogP contribution in [0.5, 0.6) is 11.5 Å². The molecule has 0 aliphatic carbocycles. The zero-order valence-electron chi connectivity index (χ0n) is 14.8. The van der Waals surface area contributed by atoms with E-state index in [1.807, 2.05) is 30.3 Å². The third-order valence-corrected chi connectivity index (χ3v) is 5.38. The molecule has 0 aromatic heterocycles. The van der Waals surface area contributed by atoms with E-state index >= 15 is 0 Å². The standard InChI is InChI=1S/C21H20N2O4/c24-20-15-10-18-16(21(25)23-8-4-7-19(23)27-18)11-17(15)26-12-14(22-20)9-13-5-2-1-3-6-13/h1-3,5-6,10-11,14,19H,4,7-9,12H2,(H,22,24)/t14-,19?/m0/s1. The highest BCUT2D eigenvalue weighted by Crippen LogP contribution is 2.37. The van der Waals surface area contributed by atoms with Gasteiger partial charge in [0.2, 0.25) is 0 Å². The van der Waals surface area contributed by atoms with Crippen molar-refractivity contribution in [3.63, 3.8) is 0 Å². The highest BCUT2D eigenvalue weighted by molar-refractivity contribution is 6.03. The molecule has 0 saturated carbocycles. The van der Waals surface area contributed by atoms with Crippen molar-refractivity contribution in [3.8, 4) is 11.5 Å². The Balaban J connectivity index is 1.43. The number of amides is 2. The van der Waals surface area contributed by atoms with E-state index in [-0.39, 0.29) is 24.1 Å². The van der Waals surface area contributed by atoms with E-state index in [0.717, 1.165) is 18.4 Å². The van der Waals surface area contributed by atoms with Gasteiger partial charge in [0, 0.05) is 13.0 Å². The quantitative estimate of drug-likeness (QED) is 0.888. The monoisotopic (exact) mass is 364 g/mol. The molecule has 2 amide bonds. The molecule has 1 unspecified atom stereocenters. The number of ether oxygens (including phenoxy) is 2. The number of carbonyl (C=O) groups is 2. The summed E-state index contributed by atoms with van der Waals surface area (Å²) in [5, 5.41) is 3.03. The molecule has 3 aliphatic rings. The van der Waals surface area contributed by atoms with Crippen LogP contribution in [0.25, 0.3) is 0 Å². The van der Waals surface area contributed by atoms with Gasteiger partial charge in [0.1, 0.15) is 18.1 Å². The zero-order chi connectivity index (χ0) is 18.4. The maximum absolute atomic E-state index is 12.8. The summed E-state index contributed by atoms with van der Waals surface area (Å²) in [5.74, 6) is 0.672. The normalized spacial score (nSPS) is 23.3. The van der Waals surface area contributed by atoms with Gasteiger partial charge in [-0.1, -0.05) is 30.3 Å². The minimum atomic E-state index is -0.219. The highest BCUT2D eigenvalue weighted by Gasteiger charge is 2.38. The molecule has 138 valence electrons. The molecule has 1 saturated heterocycles. The van der Waals surface area contributed by atoms with Gasteiger partial charge in [-0.3, -0.25) is 9.59 Å². The van der Waals surface area contributed by atoms with Crippen LogP contribution in [0.4, 0.5) is 0 Å². The summed E-state index contributed by atoms with van der Waals surface area (Å²) in [6, 6.07) is 13.2. The predicted molar refractivity (Wildman–Crippen MR) is 98.0 cm³/mol. The second kappa shape index (κ2) is 6.30. The van der Waals surface area contributed by atoms with E-state index in [1.165, 1.54) is 0 Å². The van der Waals surface area contributed by atoms with Crippen LogP contribution in [0.2, 0.25) is 0 Å². The average molecular weight is 364 g/mol. The van der Waals surface area contributed by atoms with E-state index in [4.69, 9.17) is 9.47 Å². The Morgan fingerprint density at radius 2 is 1.89 bits per heavy atom. The first-order chi connectivity index (χ1) is 13.2. The fraction of sp³-hybridized carbons (Fsp3) is 0.333. The van der Waals surface area contributed by atoms with Crippen molar-refractivity contribution < 1.29 is 19.1 Å². The Kier molecular flexibility index (Phi) is 3.77. The van der Waals surface area contributed by atoms with Gasteiger partial charge in [-0.25, -0.2) is 0 Å². The van der Waals surface area contributed by atoms with Crippen molar-refractivity contribution >= 4 is 11.8 Å². The molecule has 0 bridgehead atoms. The van der Waals surface area contributed by atoms with Crippen molar-refractivity contribution in [1.82, 2.24) is 10.2 Å². The molecule has 1 fully saturated rings. The first-order valence-corrected chi connectivity index (χ1v) is 9.32. The largest absolute Gasteiger partial charge is 0.491 e. The Morgan fingerprint density at radius 1 is 1.07 bits per heavy atom. The number of hydrogen-bond acceptors (Lipinski definition) is 4.